The summed E-state index contributed by atoms with van der Waals surface area (Å²) in [5, 5.41) is 0.833. The summed E-state index contributed by atoms with van der Waals surface area (Å²) in [5.41, 5.74) is 2.02. The molecule has 0 amide bonds. The van der Waals surface area contributed by atoms with Crippen LogP contribution in [-0.4, -0.2) is 0 Å². The van der Waals surface area contributed by atoms with Crippen LogP contribution in [0.25, 0.3) is 0 Å². The molecule has 64 valence electrons. The molecule has 0 N–H and O–H groups in total. The summed E-state index contributed by atoms with van der Waals surface area (Å²) in [5.74, 6) is 0. The van der Waals surface area contributed by atoms with Gasteiger partial charge in [-0.15, -0.1) is 0 Å². The third-order valence-electron chi connectivity index (χ3n) is 2.65. The molecular formula is C11H13Cl. The quantitative estimate of drug-likeness (QED) is 0.652. The van der Waals surface area contributed by atoms with Crippen LogP contribution in [0.15, 0.2) is 24.3 Å². The Balaban J connectivity index is 2.08. The highest BCUT2D eigenvalue weighted by atomic mass is 35.5. The van der Waals surface area contributed by atoms with Crippen molar-refractivity contribution in [2.45, 2.75) is 26.2 Å². The van der Waals surface area contributed by atoms with Crippen LogP contribution in [0.2, 0.25) is 5.02 Å². The van der Waals surface area contributed by atoms with Gasteiger partial charge < -0.3 is 0 Å². The zero-order valence-electron chi connectivity index (χ0n) is 7.31. The zero-order chi connectivity index (χ0) is 8.60. The lowest BCUT2D eigenvalue weighted by molar-refractivity contribution is 0.570. The summed E-state index contributed by atoms with van der Waals surface area (Å²) in [4.78, 5) is 0. The van der Waals surface area contributed by atoms with Crippen molar-refractivity contribution in [2.75, 3.05) is 0 Å². The summed E-state index contributed by atoms with van der Waals surface area (Å²) in [6.45, 7) is 2.35. The summed E-state index contributed by atoms with van der Waals surface area (Å²) >= 11 is 5.80. The normalized spacial score (nSPS) is 19.2. The van der Waals surface area contributed by atoms with Crippen molar-refractivity contribution < 1.29 is 0 Å². The Labute approximate surface area is 78.6 Å². The molecule has 0 aliphatic heterocycles. The highest BCUT2D eigenvalue weighted by Crippen LogP contribution is 2.47. The van der Waals surface area contributed by atoms with E-state index >= 15 is 0 Å². The molecule has 0 saturated heterocycles. The topological polar surface area (TPSA) is 0 Å². The second-order valence-corrected chi connectivity index (χ2v) is 4.55. The van der Waals surface area contributed by atoms with Gasteiger partial charge in [-0.2, -0.15) is 0 Å². The lowest BCUT2D eigenvalue weighted by Gasteiger charge is -2.07. The monoisotopic (exact) mass is 180 g/mol. The average Bonchev–Trinajstić information content (AvgIpc) is 2.74. The van der Waals surface area contributed by atoms with Crippen molar-refractivity contribution in [3.8, 4) is 0 Å². The van der Waals surface area contributed by atoms with Gasteiger partial charge in [-0.3, -0.25) is 0 Å². The molecule has 0 nitrogen and oxygen atoms in total. The maximum atomic E-state index is 5.80. The van der Waals surface area contributed by atoms with E-state index in [1.54, 1.807) is 0 Å². The van der Waals surface area contributed by atoms with Crippen molar-refractivity contribution in [1.29, 1.82) is 0 Å². The minimum atomic E-state index is 0.605. The van der Waals surface area contributed by atoms with Crippen molar-refractivity contribution in [2.24, 2.45) is 5.41 Å². The van der Waals surface area contributed by atoms with Crippen LogP contribution in [0.3, 0.4) is 0 Å². The minimum absolute atomic E-state index is 0.605. The maximum absolute atomic E-state index is 5.80. The molecule has 1 aromatic rings. The van der Waals surface area contributed by atoms with Crippen molar-refractivity contribution in [3.05, 3.63) is 34.9 Å². The van der Waals surface area contributed by atoms with Crippen LogP contribution in [0.4, 0.5) is 0 Å². The van der Waals surface area contributed by atoms with E-state index < -0.39 is 0 Å². The van der Waals surface area contributed by atoms with E-state index in [1.165, 1.54) is 24.8 Å². The second kappa shape index (κ2) is 2.77. The van der Waals surface area contributed by atoms with Gasteiger partial charge in [0, 0.05) is 5.02 Å². The van der Waals surface area contributed by atoms with Crippen LogP contribution < -0.4 is 0 Å². The molecule has 0 spiro atoms. The van der Waals surface area contributed by atoms with E-state index in [1.807, 2.05) is 12.1 Å². The zero-order valence-corrected chi connectivity index (χ0v) is 8.06. The van der Waals surface area contributed by atoms with Crippen molar-refractivity contribution in [3.63, 3.8) is 0 Å². The standard InChI is InChI=1S/C11H13Cl/c1-11(6-7-11)8-9-2-4-10(12)5-3-9/h2-5H,6-8H2,1H3. The number of halogens is 1. The number of benzene rings is 1. The van der Waals surface area contributed by atoms with Gasteiger partial charge >= 0.3 is 0 Å². The Kier molecular flexibility index (Phi) is 1.88. The van der Waals surface area contributed by atoms with E-state index in [-0.39, 0.29) is 0 Å². The summed E-state index contributed by atoms with van der Waals surface area (Å²) in [7, 11) is 0. The van der Waals surface area contributed by atoms with Crippen LogP contribution in [-0.2, 0) is 6.42 Å². The first-order valence-corrected chi connectivity index (χ1v) is 4.80. The van der Waals surface area contributed by atoms with Crippen LogP contribution in [0.1, 0.15) is 25.3 Å². The van der Waals surface area contributed by atoms with E-state index in [0.717, 1.165) is 5.02 Å². The predicted molar refractivity (Wildman–Crippen MR) is 52.5 cm³/mol. The molecule has 1 fully saturated rings. The molecule has 2 rings (SSSR count). The van der Waals surface area contributed by atoms with Crippen molar-refractivity contribution in [1.82, 2.24) is 0 Å². The van der Waals surface area contributed by atoms with Crippen LogP contribution >= 0.6 is 11.6 Å². The lowest BCUT2D eigenvalue weighted by Crippen LogP contribution is -1.97. The first kappa shape index (κ1) is 8.12. The molecular weight excluding hydrogens is 168 g/mol. The molecule has 0 atom stereocenters. The highest BCUT2D eigenvalue weighted by molar-refractivity contribution is 6.30. The van der Waals surface area contributed by atoms with Crippen molar-refractivity contribution >= 4 is 11.6 Å². The Morgan fingerprint density at radius 3 is 2.33 bits per heavy atom. The van der Waals surface area contributed by atoms with Gasteiger partial charge in [-0.1, -0.05) is 30.7 Å². The molecule has 12 heavy (non-hydrogen) atoms. The summed E-state index contributed by atoms with van der Waals surface area (Å²) < 4.78 is 0. The van der Waals surface area contributed by atoms with Gasteiger partial charge in [0.15, 0.2) is 0 Å². The highest BCUT2D eigenvalue weighted by Gasteiger charge is 2.36. The SMILES string of the molecule is CC1(Cc2ccc(Cl)cc2)CC1. The van der Waals surface area contributed by atoms with Gasteiger partial charge in [-0.25, -0.2) is 0 Å². The van der Waals surface area contributed by atoms with E-state index in [9.17, 15) is 0 Å². The molecule has 1 aliphatic rings. The molecule has 1 heteroatoms. The van der Waals surface area contributed by atoms with E-state index in [0.29, 0.717) is 5.41 Å². The molecule has 1 aromatic carbocycles. The van der Waals surface area contributed by atoms with E-state index in [2.05, 4.69) is 19.1 Å². The first-order valence-electron chi connectivity index (χ1n) is 4.42. The van der Waals surface area contributed by atoms with Gasteiger partial charge in [0.05, 0.1) is 0 Å². The van der Waals surface area contributed by atoms with Gasteiger partial charge in [0.2, 0.25) is 0 Å². The molecule has 0 unspecified atom stereocenters. The fourth-order valence-electron chi connectivity index (χ4n) is 1.49. The fourth-order valence-corrected chi connectivity index (χ4v) is 1.61. The predicted octanol–water partition coefficient (Wildman–Crippen LogP) is 3.68. The lowest BCUT2D eigenvalue weighted by atomic mass is 9.99. The first-order chi connectivity index (χ1) is 5.68. The fraction of sp³-hybridized carbons (Fsp3) is 0.455. The Morgan fingerprint density at radius 1 is 1.25 bits per heavy atom. The maximum Gasteiger partial charge on any atom is 0.0406 e. The number of hydrogen-bond acceptors (Lipinski definition) is 0. The molecule has 1 aliphatic carbocycles. The Bertz CT molecular complexity index is 270. The molecule has 0 radical (unpaired) electrons. The molecule has 0 heterocycles. The van der Waals surface area contributed by atoms with Gasteiger partial charge in [-0.05, 0) is 42.4 Å². The Morgan fingerprint density at radius 2 is 1.83 bits per heavy atom. The van der Waals surface area contributed by atoms with Crippen LogP contribution in [0.5, 0.6) is 0 Å². The third-order valence-corrected chi connectivity index (χ3v) is 2.90. The smallest absolute Gasteiger partial charge is 0.0406 e. The summed E-state index contributed by atoms with van der Waals surface area (Å²) in [6, 6.07) is 8.21. The third kappa shape index (κ3) is 1.81. The largest absolute Gasteiger partial charge is 0.0843 e. The number of hydrogen-bond donors (Lipinski definition) is 0. The number of rotatable bonds is 2. The molecule has 0 aromatic heterocycles. The minimum Gasteiger partial charge on any atom is -0.0843 e. The average molecular weight is 181 g/mol. The second-order valence-electron chi connectivity index (χ2n) is 4.11. The molecule has 1 saturated carbocycles. The molecule has 0 bridgehead atoms. The summed E-state index contributed by atoms with van der Waals surface area (Å²) in [6.07, 6.45) is 3.98. The van der Waals surface area contributed by atoms with Crippen LogP contribution in [0, 0.1) is 5.41 Å². The Hall–Kier alpha value is -0.490. The van der Waals surface area contributed by atoms with Gasteiger partial charge in [0.1, 0.15) is 0 Å². The van der Waals surface area contributed by atoms with Gasteiger partial charge in [0.25, 0.3) is 0 Å². The van der Waals surface area contributed by atoms with E-state index in [4.69, 9.17) is 11.6 Å².